The van der Waals surface area contributed by atoms with Crippen LogP contribution in [0.4, 0.5) is 11.4 Å². The molecule has 0 aliphatic rings. The number of hydrogen-bond donors (Lipinski definition) is 3. The minimum Gasteiger partial charge on any atom is -0.397 e. The monoisotopic (exact) mass is 271 g/mol. The molecule has 0 heterocycles. The molecule has 102 valence electrons. The maximum atomic E-state index is 11.7. The maximum absolute atomic E-state index is 11.7. The van der Waals surface area contributed by atoms with Crippen LogP contribution in [0.1, 0.15) is 20.8 Å². The molecule has 1 aromatic carbocycles. The lowest BCUT2D eigenvalue weighted by Gasteiger charge is -2.20. The molecule has 0 saturated carbocycles. The van der Waals surface area contributed by atoms with Gasteiger partial charge < -0.3 is 11.1 Å². The summed E-state index contributed by atoms with van der Waals surface area (Å²) in [7, 11) is -2.05. The SMILES string of the molecule is CNS(=O)(=O)c1ccc(N)c(NC(C)C(C)C)c1. The molecule has 0 amide bonds. The molecule has 0 radical (unpaired) electrons. The Morgan fingerprint density at radius 2 is 1.83 bits per heavy atom. The number of anilines is 2. The van der Waals surface area contributed by atoms with Crippen LogP contribution >= 0.6 is 0 Å². The van der Waals surface area contributed by atoms with E-state index in [1.165, 1.54) is 13.1 Å². The van der Waals surface area contributed by atoms with Crippen LogP contribution in [0.15, 0.2) is 23.1 Å². The molecule has 0 bridgehead atoms. The predicted octanol–water partition coefficient (Wildman–Crippen LogP) is 1.63. The van der Waals surface area contributed by atoms with E-state index >= 15 is 0 Å². The standard InChI is InChI=1S/C12H21N3O2S/c1-8(2)9(3)15-12-7-10(5-6-11(12)13)18(16,17)14-4/h5-9,14-15H,13H2,1-4H3. The van der Waals surface area contributed by atoms with E-state index in [1.54, 1.807) is 12.1 Å². The van der Waals surface area contributed by atoms with E-state index < -0.39 is 10.0 Å². The van der Waals surface area contributed by atoms with Crippen molar-refractivity contribution in [1.82, 2.24) is 4.72 Å². The minimum atomic E-state index is -3.44. The van der Waals surface area contributed by atoms with E-state index in [1.807, 2.05) is 6.92 Å². The van der Waals surface area contributed by atoms with Crippen molar-refractivity contribution in [2.45, 2.75) is 31.7 Å². The van der Waals surface area contributed by atoms with Gasteiger partial charge in [0.1, 0.15) is 0 Å². The van der Waals surface area contributed by atoms with E-state index in [4.69, 9.17) is 5.73 Å². The second-order valence-corrected chi connectivity index (χ2v) is 6.52. The highest BCUT2D eigenvalue weighted by Gasteiger charge is 2.15. The third kappa shape index (κ3) is 3.36. The summed E-state index contributed by atoms with van der Waals surface area (Å²) in [6.45, 7) is 6.20. The van der Waals surface area contributed by atoms with Crippen molar-refractivity contribution >= 4 is 21.4 Å². The summed E-state index contributed by atoms with van der Waals surface area (Å²) in [6, 6.07) is 4.85. The Balaban J connectivity index is 3.10. The topological polar surface area (TPSA) is 84.2 Å². The van der Waals surface area contributed by atoms with Gasteiger partial charge in [-0.1, -0.05) is 13.8 Å². The molecule has 1 aromatic rings. The average molecular weight is 271 g/mol. The molecular weight excluding hydrogens is 250 g/mol. The van der Waals surface area contributed by atoms with Gasteiger partial charge in [0.2, 0.25) is 10.0 Å². The summed E-state index contributed by atoms with van der Waals surface area (Å²) >= 11 is 0. The van der Waals surface area contributed by atoms with Crippen LogP contribution < -0.4 is 15.8 Å². The lowest BCUT2D eigenvalue weighted by atomic mass is 10.1. The predicted molar refractivity (Wildman–Crippen MR) is 75.0 cm³/mol. The van der Waals surface area contributed by atoms with Gasteiger partial charge in [0.25, 0.3) is 0 Å². The van der Waals surface area contributed by atoms with E-state index in [0.29, 0.717) is 17.3 Å². The molecule has 1 rings (SSSR count). The zero-order chi connectivity index (χ0) is 13.9. The van der Waals surface area contributed by atoms with Gasteiger partial charge in [-0.2, -0.15) is 0 Å². The number of benzene rings is 1. The molecule has 18 heavy (non-hydrogen) atoms. The van der Waals surface area contributed by atoms with Gasteiger partial charge in [-0.25, -0.2) is 13.1 Å². The summed E-state index contributed by atoms with van der Waals surface area (Å²) in [5.41, 5.74) is 7.03. The Bertz CT molecular complexity index is 512. The fourth-order valence-electron chi connectivity index (χ4n) is 1.36. The quantitative estimate of drug-likeness (QED) is 0.711. The lowest BCUT2D eigenvalue weighted by Crippen LogP contribution is -2.23. The zero-order valence-corrected chi connectivity index (χ0v) is 12.0. The molecule has 4 N–H and O–H groups in total. The van der Waals surface area contributed by atoms with Crippen molar-refractivity contribution in [2.24, 2.45) is 5.92 Å². The lowest BCUT2D eigenvalue weighted by molar-refractivity contribution is 0.560. The van der Waals surface area contributed by atoms with Crippen molar-refractivity contribution in [2.75, 3.05) is 18.1 Å². The zero-order valence-electron chi connectivity index (χ0n) is 11.2. The average Bonchev–Trinajstić information content (AvgIpc) is 2.31. The van der Waals surface area contributed by atoms with Gasteiger partial charge >= 0.3 is 0 Å². The molecule has 0 fully saturated rings. The van der Waals surface area contributed by atoms with Crippen LogP contribution in [0, 0.1) is 5.92 Å². The first-order valence-electron chi connectivity index (χ1n) is 5.87. The number of hydrogen-bond acceptors (Lipinski definition) is 4. The van der Waals surface area contributed by atoms with Gasteiger partial charge in [0, 0.05) is 6.04 Å². The number of nitrogens with one attached hydrogen (secondary N) is 2. The molecule has 6 heteroatoms. The van der Waals surface area contributed by atoms with E-state index in [-0.39, 0.29) is 10.9 Å². The highest BCUT2D eigenvalue weighted by atomic mass is 32.2. The molecule has 5 nitrogen and oxygen atoms in total. The van der Waals surface area contributed by atoms with Crippen molar-refractivity contribution in [1.29, 1.82) is 0 Å². The van der Waals surface area contributed by atoms with Gasteiger partial charge in [-0.3, -0.25) is 0 Å². The van der Waals surface area contributed by atoms with E-state index in [2.05, 4.69) is 23.9 Å². The summed E-state index contributed by atoms with van der Waals surface area (Å²) in [4.78, 5) is 0.206. The molecular formula is C12H21N3O2S. The Labute approximate surface area is 109 Å². The van der Waals surface area contributed by atoms with Crippen LogP contribution in [0.5, 0.6) is 0 Å². The molecule has 0 saturated heterocycles. The van der Waals surface area contributed by atoms with Gasteiger partial charge in [0.05, 0.1) is 16.3 Å². The molecule has 0 aliphatic heterocycles. The van der Waals surface area contributed by atoms with Gasteiger partial charge in [-0.05, 0) is 38.1 Å². The summed E-state index contributed by atoms with van der Waals surface area (Å²) in [6.07, 6.45) is 0. The Morgan fingerprint density at radius 3 is 2.33 bits per heavy atom. The van der Waals surface area contributed by atoms with E-state index in [0.717, 1.165) is 0 Å². The minimum absolute atomic E-state index is 0.206. The van der Waals surface area contributed by atoms with Crippen molar-refractivity contribution in [3.05, 3.63) is 18.2 Å². The second-order valence-electron chi connectivity index (χ2n) is 4.63. The Morgan fingerprint density at radius 1 is 1.22 bits per heavy atom. The highest BCUT2D eigenvalue weighted by molar-refractivity contribution is 7.89. The number of rotatable bonds is 5. The maximum Gasteiger partial charge on any atom is 0.240 e. The molecule has 0 aromatic heterocycles. The van der Waals surface area contributed by atoms with Crippen LogP contribution in [-0.4, -0.2) is 21.5 Å². The Kier molecular flexibility index (Phi) is 4.59. The molecule has 1 unspecified atom stereocenters. The smallest absolute Gasteiger partial charge is 0.240 e. The third-order valence-corrected chi connectivity index (χ3v) is 4.40. The number of sulfonamides is 1. The fourth-order valence-corrected chi connectivity index (χ4v) is 2.11. The number of nitrogen functional groups attached to an aromatic ring is 1. The van der Waals surface area contributed by atoms with Crippen LogP contribution in [0.25, 0.3) is 0 Å². The highest BCUT2D eigenvalue weighted by Crippen LogP contribution is 2.24. The summed E-state index contributed by atoms with van der Waals surface area (Å²) in [5, 5.41) is 3.23. The first-order valence-corrected chi connectivity index (χ1v) is 7.36. The van der Waals surface area contributed by atoms with Gasteiger partial charge in [-0.15, -0.1) is 0 Å². The molecule has 0 spiro atoms. The van der Waals surface area contributed by atoms with Crippen molar-refractivity contribution in [3.63, 3.8) is 0 Å². The second kappa shape index (κ2) is 5.58. The van der Waals surface area contributed by atoms with Crippen LogP contribution in [-0.2, 0) is 10.0 Å². The van der Waals surface area contributed by atoms with E-state index in [9.17, 15) is 8.42 Å². The van der Waals surface area contributed by atoms with Crippen LogP contribution in [0.2, 0.25) is 0 Å². The van der Waals surface area contributed by atoms with Crippen LogP contribution in [0.3, 0.4) is 0 Å². The summed E-state index contributed by atoms with van der Waals surface area (Å²) in [5.74, 6) is 0.425. The summed E-state index contributed by atoms with van der Waals surface area (Å²) < 4.78 is 25.7. The Hall–Kier alpha value is -1.27. The first kappa shape index (κ1) is 14.8. The fraction of sp³-hybridized carbons (Fsp3) is 0.500. The largest absolute Gasteiger partial charge is 0.397 e. The molecule has 1 atom stereocenters. The number of nitrogens with two attached hydrogens (primary N) is 1. The van der Waals surface area contributed by atoms with Crippen molar-refractivity contribution < 1.29 is 8.42 Å². The normalized spacial score (nSPS) is 13.6. The van der Waals surface area contributed by atoms with Crippen molar-refractivity contribution in [3.8, 4) is 0 Å². The van der Waals surface area contributed by atoms with Gasteiger partial charge in [0.15, 0.2) is 0 Å². The molecule has 0 aliphatic carbocycles. The third-order valence-electron chi connectivity index (χ3n) is 2.99. The first-order chi connectivity index (χ1) is 8.27.